The van der Waals surface area contributed by atoms with E-state index in [-0.39, 0.29) is 17.1 Å². The van der Waals surface area contributed by atoms with Crippen LogP contribution in [0.4, 0.5) is 17.1 Å². The van der Waals surface area contributed by atoms with Gasteiger partial charge < -0.3 is 5.32 Å². The number of nitro groups is 1. The van der Waals surface area contributed by atoms with Gasteiger partial charge in [0.2, 0.25) is 15.9 Å². The molecule has 0 aliphatic carbocycles. The Bertz CT molecular complexity index is 994. The van der Waals surface area contributed by atoms with Crippen molar-refractivity contribution >= 4 is 44.6 Å². The van der Waals surface area contributed by atoms with E-state index in [1.54, 1.807) is 19.1 Å². The highest BCUT2D eigenvalue weighted by Crippen LogP contribution is 2.26. The molecule has 0 saturated heterocycles. The van der Waals surface area contributed by atoms with Crippen LogP contribution in [0.25, 0.3) is 0 Å². The summed E-state index contributed by atoms with van der Waals surface area (Å²) in [6.07, 6.45) is 0.982. The highest BCUT2D eigenvalue weighted by molar-refractivity contribution is 7.92. The monoisotopic (exact) mass is 411 g/mol. The van der Waals surface area contributed by atoms with E-state index in [2.05, 4.69) is 5.32 Å². The minimum absolute atomic E-state index is 0.182. The highest BCUT2D eigenvalue weighted by Gasteiger charge is 2.29. The number of amides is 1. The molecule has 0 unspecified atom stereocenters. The predicted octanol–water partition coefficient (Wildman–Crippen LogP) is 3.35. The fourth-order valence-electron chi connectivity index (χ4n) is 2.52. The SMILES string of the molecule is Cc1ccc([N+](=O)[O-])cc1NC(=O)[C@@H](C)N(c1cccc(Cl)c1)S(C)(=O)=O. The van der Waals surface area contributed by atoms with E-state index in [0.717, 1.165) is 10.6 Å². The molecule has 0 bridgehead atoms. The van der Waals surface area contributed by atoms with Gasteiger partial charge in [-0.3, -0.25) is 19.2 Å². The quantitative estimate of drug-likeness (QED) is 0.579. The number of hydrogen-bond acceptors (Lipinski definition) is 5. The number of rotatable bonds is 6. The van der Waals surface area contributed by atoms with Gasteiger partial charge in [0.1, 0.15) is 6.04 Å². The zero-order chi connectivity index (χ0) is 20.4. The standard InChI is InChI=1S/C17H18ClN3O5S/c1-11-7-8-15(21(23)24)10-16(11)19-17(22)12(2)20(27(3,25)26)14-6-4-5-13(18)9-14/h4-10,12H,1-3H3,(H,19,22)/t12-/m1/s1. The van der Waals surface area contributed by atoms with E-state index in [0.29, 0.717) is 10.6 Å². The van der Waals surface area contributed by atoms with Gasteiger partial charge in [0, 0.05) is 17.2 Å². The van der Waals surface area contributed by atoms with Crippen LogP contribution in [-0.4, -0.2) is 31.5 Å². The number of anilines is 2. The molecular weight excluding hydrogens is 394 g/mol. The number of benzene rings is 2. The normalized spacial score (nSPS) is 12.3. The van der Waals surface area contributed by atoms with Gasteiger partial charge in [-0.2, -0.15) is 0 Å². The van der Waals surface area contributed by atoms with Gasteiger partial charge in [-0.15, -0.1) is 0 Å². The summed E-state index contributed by atoms with van der Waals surface area (Å²) in [7, 11) is -3.80. The van der Waals surface area contributed by atoms with Crippen LogP contribution in [0.2, 0.25) is 5.02 Å². The van der Waals surface area contributed by atoms with Crippen LogP contribution in [0.1, 0.15) is 12.5 Å². The summed E-state index contributed by atoms with van der Waals surface area (Å²) < 4.78 is 25.5. The predicted molar refractivity (Wildman–Crippen MR) is 105 cm³/mol. The number of sulfonamides is 1. The lowest BCUT2D eigenvalue weighted by Crippen LogP contribution is -2.45. The number of halogens is 1. The van der Waals surface area contributed by atoms with Gasteiger partial charge in [0.25, 0.3) is 5.69 Å². The first kappa shape index (κ1) is 20.7. The molecule has 8 nitrogen and oxygen atoms in total. The number of carbonyl (C=O) groups is 1. The van der Waals surface area contributed by atoms with Crippen LogP contribution in [0, 0.1) is 17.0 Å². The lowest BCUT2D eigenvalue weighted by molar-refractivity contribution is -0.384. The Morgan fingerprint density at radius 2 is 1.93 bits per heavy atom. The molecular formula is C17H18ClN3O5S. The molecule has 1 N–H and O–H groups in total. The molecule has 10 heteroatoms. The molecule has 2 rings (SSSR count). The molecule has 0 radical (unpaired) electrons. The van der Waals surface area contributed by atoms with Crippen molar-refractivity contribution in [2.75, 3.05) is 15.9 Å². The number of hydrogen-bond donors (Lipinski definition) is 1. The van der Waals surface area contributed by atoms with Gasteiger partial charge in [-0.25, -0.2) is 8.42 Å². The third-order valence-electron chi connectivity index (χ3n) is 3.84. The molecule has 2 aromatic rings. The smallest absolute Gasteiger partial charge is 0.271 e. The molecule has 0 heterocycles. The molecule has 1 atom stereocenters. The molecule has 0 aliphatic heterocycles. The molecule has 0 aromatic heterocycles. The molecule has 0 spiro atoms. The van der Waals surface area contributed by atoms with Gasteiger partial charge in [-0.1, -0.05) is 23.7 Å². The van der Waals surface area contributed by atoms with Crippen LogP contribution in [0.3, 0.4) is 0 Å². The summed E-state index contributed by atoms with van der Waals surface area (Å²) in [5, 5.41) is 13.8. The zero-order valence-electron chi connectivity index (χ0n) is 14.8. The lowest BCUT2D eigenvalue weighted by atomic mass is 10.1. The second kappa shape index (κ2) is 7.93. The van der Waals surface area contributed by atoms with Gasteiger partial charge in [0.05, 0.1) is 22.6 Å². The summed E-state index contributed by atoms with van der Waals surface area (Å²) in [6.45, 7) is 3.10. The van der Waals surface area contributed by atoms with Crippen molar-refractivity contribution in [3.05, 3.63) is 63.2 Å². The Hall–Kier alpha value is -2.65. The highest BCUT2D eigenvalue weighted by atomic mass is 35.5. The first-order valence-corrected chi connectivity index (χ1v) is 10.0. The molecule has 0 fully saturated rings. The van der Waals surface area contributed by atoms with Crippen molar-refractivity contribution in [2.24, 2.45) is 0 Å². The minimum atomic E-state index is -3.80. The van der Waals surface area contributed by atoms with E-state index in [1.165, 1.54) is 37.3 Å². The molecule has 27 heavy (non-hydrogen) atoms. The van der Waals surface area contributed by atoms with Crippen molar-refractivity contribution < 1.29 is 18.1 Å². The Morgan fingerprint density at radius 3 is 2.48 bits per heavy atom. The lowest BCUT2D eigenvalue weighted by Gasteiger charge is -2.28. The van der Waals surface area contributed by atoms with Crippen LogP contribution < -0.4 is 9.62 Å². The van der Waals surface area contributed by atoms with E-state index in [1.807, 2.05) is 0 Å². The second-order valence-electron chi connectivity index (χ2n) is 5.96. The van der Waals surface area contributed by atoms with Crippen LogP contribution >= 0.6 is 11.6 Å². The first-order valence-electron chi connectivity index (χ1n) is 7.81. The average Bonchev–Trinajstić information content (AvgIpc) is 2.55. The van der Waals surface area contributed by atoms with Crippen molar-refractivity contribution in [3.8, 4) is 0 Å². The number of nitrogens with zero attached hydrogens (tertiary/aromatic N) is 2. The van der Waals surface area contributed by atoms with E-state index in [9.17, 15) is 23.3 Å². The Kier molecular flexibility index (Phi) is 6.07. The number of non-ortho nitro benzene ring substituents is 1. The Morgan fingerprint density at radius 1 is 1.26 bits per heavy atom. The maximum atomic E-state index is 12.7. The summed E-state index contributed by atoms with van der Waals surface area (Å²) in [6, 6.07) is 9.06. The molecule has 0 saturated carbocycles. The van der Waals surface area contributed by atoms with Crippen molar-refractivity contribution in [1.29, 1.82) is 0 Å². The summed E-state index contributed by atoms with van der Waals surface area (Å²) in [5.41, 5.74) is 0.900. The van der Waals surface area contributed by atoms with Crippen LogP contribution in [0.15, 0.2) is 42.5 Å². The first-order chi connectivity index (χ1) is 12.5. The van der Waals surface area contributed by atoms with Gasteiger partial charge in [-0.05, 0) is 37.6 Å². The maximum Gasteiger partial charge on any atom is 0.271 e. The Labute approximate surface area is 162 Å². The molecule has 0 aliphatic rings. The third-order valence-corrected chi connectivity index (χ3v) is 5.32. The molecule has 2 aromatic carbocycles. The fraction of sp³-hybridized carbons (Fsp3) is 0.235. The summed E-state index contributed by atoms with van der Waals surface area (Å²) in [4.78, 5) is 23.0. The molecule has 144 valence electrons. The summed E-state index contributed by atoms with van der Waals surface area (Å²) in [5.74, 6) is -0.635. The van der Waals surface area contributed by atoms with Crippen LogP contribution in [0.5, 0.6) is 0 Å². The zero-order valence-corrected chi connectivity index (χ0v) is 16.4. The summed E-state index contributed by atoms with van der Waals surface area (Å²) >= 11 is 5.94. The Balaban J connectivity index is 2.36. The van der Waals surface area contributed by atoms with Crippen molar-refractivity contribution in [3.63, 3.8) is 0 Å². The van der Waals surface area contributed by atoms with Crippen molar-refractivity contribution in [2.45, 2.75) is 19.9 Å². The number of nitrogens with one attached hydrogen (secondary N) is 1. The fourth-order valence-corrected chi connectivity index (χ4v) is 3.87. The topological polar surface area (TPSA) is 110 Å². The third kappa shape index (κ3) is 4.95. The van der Waals surface area contributed by atoms with Crippen LogP contribution in [-0.2, 0) is 14.8 Å². The maximum absolute atomic E-state index is 12.7. The van der Waals surface area contributed by atoms with Crippen molar-refractivity contribution in [1.82, 2.24) is 0 Å². The van der Waals surface area contributed by atoms with E-state index in [4.69, 9.17) is 11.6 Å². The van der Waals surface area contributed by atoms with Gasteiger partial charge >= 0.3 is 0 Å². The second-order valence-corrected chi connectivity index (χ2v) is 8.26. The number of carbonyl (C=O) groups excluding carboxylic acids is 1. The van der Waals surface area contributed by atoms with E-state index < -0.39 is 26.9 Å². The number of nitro benzene ring substituents is 1. The van der Waals surface area contributed by atoms with E-state index >= 15 is 0 Å². The molecule has 1 amide bonds. The number of aryl methyl sites for hydroxylation is 1. The average molecular weight is 412 g/mol. The largest absolute Gasteiger partial charge is 0.324 e. The van der Waals surface area contributed by atoms with Gasteiger partial charge in [0.15, 0.2) is 0 Å². The minimum Gasteiger partial charge on any atom is -0.324 e.